The molecule has 1 aliphatic carbocycles. The fourth-order valence-electron chi connectivity index (χ4n) is 2.45. The highest BCUT2D eigenvalue weighted by Gasteiger charge is 2.24. The number of rotatable bonds is 4. The molecule has 1 fully saturated rings. The molecule has 0 aliphatic heterocycles. The third kappa shape index (κ3) is 4.20. The van der Waals surface area contributed by atoms with Gasteiger partial charge in [-0.3, -0.25) is 4.79 Å². The lowest BCUT2D eigenvalue weighted by Gasteiger charge is -2.33. The predicted molar refractivity (Wildman–Crippen MR) is 62.7 cm³/mol. The van der Waals surface area contributed by atoms with Crippen LogP contribution in [-0.4, -0.2) is 25.0 Å². The Labute approximate surface area is 93.0 Å². The second-order valence-electron chi connectivity index (χ2n) is 4.84. The normalized spacial score (nSPS) is 31.3. The van der Waals surface area contributed by atoms with Crippen molar-refractivity contribution in [3.63, 3.8) is 0 Å². The number of hydrogen-bond donors (Lipinski definition) is 2. The molecule has 0 radical (unpaired) electrons. The number of amides is 1. The molecule has 0 aromatic heterocycles. The maximum absolute atomic E-state index is 11.3. The van der Waals surface area contributed by atoms with Crippen LogP contribution in [0.25, 0.3) is 0 Å². The van der Waals surface area contributed by atoms with Gasteiger partial charge >= 0.3 is 0 Å². The molecule has 3 nitrogen and oxygen atoms in total. The quantitative estimate of drug-likeness (QED) is 0.742. The van der Waals surface area contributed by atoms with Gasteiger partial charge in [-0.15, -0.1) is 0 Å². The first-order chi connectivity index (χ1) is 7.13. The highest BCUT2D eigenvalue weighted by molar-refractivity contribution is 5.77. The summed E-state index contributed by atoms with van der Waals surface area (Å²) in [6, 6.07) is 0.531. The minimum absolute atomic E-state index is 0.114. The predicted octanol–water partition coefficient (Wildman–Crippen LogP) is 1.54. The van der Waals surface area contributed by atoms with Gasteiger partial charge in [-0.2, -0.15) is 0 Å². The van der Waals surface area contributed by atoms with Gasteiger partial charge in [-0.1, -0.05) is 13.8 Å². The zero-order chi connectivity index (χ0) is 11.3. The van der Waals surface area contributed by atoms with E-state index in [4.69, 9.17) is 0 Å². The first-order valence-corrected chi connectivity index (χ1v) is 6.13. The molecular formula is C12H24N2O. The zero-order valence-corrected chi connectivity index (χ0v) is 10.2. The van der Waals surface area contributed by atoms with Crippen LogP contribution in [0.3, 0.4) is 0 Å². The second kappa shape index (κ2) is 6.11. The van der Waals surface area contributed by atoms with Gasteiger partial charge in [0, 0.05) is 12.6 Å². The Morgan fingerprint density at radius 1 is 1.33 bits per heavy atom. The van der Waals surface area contributed by atoms with Crippen LogP contribution in [0.1, 0.15) is 40.0 Å². The summed E-state index contributed by atoms with van der Waals surface area (Å²) < 4.78 is 0. The fourth-order valence-corrected chi connectivity index (χ4v) is 2.45. The maximum atomic E-state index is 11.3. The monoisotopic (exact) mass is 212 g/mol. The first-order valence-electron chi connectivity index (χ1n) is 6.13. The third-order valence-electron chi connectivity index (χ3n) is 3.33. The molecule has 3 atom stereocenters. The molecule has 1 saturated carbocycles. The topological polar surface area (TPSA) is 41.1 Å². The van der Waals surface area contributed by atoms with Crippen LogP contribution in [0, 0.1) is 11.8 Å². The molecule has 1 aliphatic rings. The maximum Gasteiger partial charge on any atom is 0.233 e. The molecule has 3 unspecified atom stereocenters. The van der Waals surface area contributed by atoms with Crippen LogP contribution < -0.4 is 10.6 Å². The Kier molecular flexibility index (Phi) is 5.09. The van der Waals surface area contributed by atoms with Crippen molar-refractivity contribution in [1.29, 1.82) is 0 Å². The van der Waals surface area contributed by atoms with E-state index >= 15 is 0 Å². The lowest BCUT2D eigenvalue weighted by atomic mass is 9.80. The molecule has 2 N–H and O–H groups in total. The van der Waals surface area contributed by atoms with Crippen molar-refractivity contribution in [3.8, 4) is 0 Å². The number of hydrogen-bond acceptors (Lipinski definition) is 2. The number of carbonyl (C=O) groups excluding carboxylic acids is 1. The molecule has 15 heavy (non-hydrogen) atoms. The van der Waals surface area contributed by atoms with Gasteiger partial charge in [0.2, 0.25) is 5.91 Å². The largest absolute Gasteiger partial charge is 0.355 e. The summed E-state index contributed by atoms with van der Waals surface area (Å²) in [5.41, 5.74) is 0. The van der Waals surface area contributed by atoms with Gasteiger partial charge in [-0.25, -0.2) is 0 Å². The molecule has 0 bridgehead atoms. The van der Waals surface area contributed by atoms with Crippen molar-refractivity contribution in [2.45, 2.75) is 46.1 Å². The van der Waals surface area contributed by atoms with Crippen molar-refractivity contribution >= 4 is 5.91 Å². The lowest BCUT2D eigenvalue weighted by Crippen LogP contribution is -2.44. The van der Waals surface area contributed by atoms with Gasteiger partial charge in [0.25, 0.3) is 0 Å². The SMILES string of the molecule is CCNC(=O)CNC1CCC(C)CC1C. The van der Waals surface area contributed by atoms with Gasteiger partial charge in [0.1, 0.15) is 0 Å². The van der Waals surface area contributed by atoms with E-state index in [1.165, 1.54) is 19.3 Å². The van der Waals surface area contributed by atoms with E-state index in [0.717, 1.165) is 12.5 Å². The van der Waals surface area contributed by atoms with Crippen LogP contribution in [0.5, 0.6) is 0 Å². The minimum Gasteiger partial charge on any atom is -0.355 e. The van der Waals surface area contributed by atoms with Crippen LogP contribution in [0.2, 0.25) is 0 Å². The van der Waals surface area contributed by atoms with Crippen LogP contribution in [0.15, 0.2) is 0 Å². The van der Waals surface area contributed by atoms with Gasteiger partial charge in [-0.05, 0) is 38.0 Å². The van der Waals surface area contributed by atoms with Gasteiger partial charge < -0.3 is 10.6 Å². The van der Waals surface area contributed by atoms with E-state index < -0.39 is 0 Å². The Balaban J connectivity index is 2.23. The van der Waals surface area contributed by atoms with E-state index in [1.807, 2.05) is 6.92 Å². The summed E-state index contributed by atoms with van der Waals surface area (Å²) in [5.74, 6) is 1.66. The Bertz CT molecular complexity index is 206. The number of nitrogens with one attached hydrogen (secondary N) is 2. The van der Waals surface area contributed by atoms with E-state index in [0.29, 0.717) is 18.5 Å². The molecule has 0 aromatic carbocycles. The molecular weight excluding hydrogens is 188 g/mol. The van der Waals surface area contributed by atoms with Crippen molar-refractivity contribution < 1.29 is 4.79 Å². The van der Waals surface area contributed by atoms with Crippen molar-refractivity contribution in [2.24, 2.45) is 11.8 Å². The lowest BCUT2D eigenvalue weighted by molar-refractivity contribution is -0.120. The second-order valence-corrected chi connectivity index (χ2v) is 4.84. The molecule has 0 saturated heterocycles. The fraction of sp³-hybridized carbons (Fsp3) is 0.917. The zero-order valence-electron chi connectivity index (χ0n) is 10.2. The average Bonchev–Trinajstić information content (AvgIpc) is 2.17. The minimum atomic E-state index is 0.114. The van der Waals surface area contributed by atoms with E-state index in [2.05, 4.69) is 24.5 Å². The molecule has 0 aromatic rings. The van der Waals surface area contributed by atoms with Crippen LogP contribution >= 0.6 is 0 Å². The number of likely N-dealkylation sites (N-methyl/N-ethyl adjacent to an activating group) is 1. The van der Waals surface area contributed by atoms with Crippen LogP contribution in [0.4, 0.5) is 0 Å². The summed E-state index contributed by atoms with van der Waals surface area (Å²) in [7, 11) is 0. The number of carbonyl (C=O) groups is 1. The summed E-state index contributed by atoms with van der Waals surface area (Å²) in [6.07, 6.45) is 3.78. The van der Waals surface area contributed by atoms with Gasteiger partial charge in [0.15, 0.2) is 0 Å². The molecule has 3 heteroatoms. The Morgan fingerprint density at radius 2 is 2.07 bits per heavy atom. The summed E-state index contributed by atoms with van der Waals surface area (Å²) >= 11 is 0. The van der Waals surface area contributed by atoms with Crippen molar-refractivity contribution in [2.75, 3.05) is 13.1 Å². The standard InChI is InChI=1S/C12H24N2O/c1-4-13-12(15)8-14-11-6-5-9(2)7-10(11)3/h9-11,14H,4-8H2,1-3H3,(H,13,15). The smallest absolute Gasteiger partial charge is 0.233 e. The third-order valence-corrected chi connectivity index (χ3v) is 3.33. The van der Waals surface area contributed by atoms with Gasteiger partial charge in [0.05, 0.1) is 6.54 Å². The molecule has 0 spiro atoms. The molecule has 0 heterocycles. The van der Waals surface area contributed by atoms with E-state index in [1.54, 1.807) is 0 Å². The Morgan fingerprint density at radius 3 is 2.67 bits per heavy atom. The highest BCUT2D eigenvalue weighted by Crippen LogP contribution is 2.28. The van der Waals surface area contributed by atoms with E-state index in [9.17, 15) is 4.79 Å². The van der Waals surface area contributed by atoms with Crippen LogP contribution in [-0.2, 0) is 4.79 Å². The first kappa shape index (κ1) is 12.5. The summed E-state index contributed by atoms with van der Waals surface area (Å²) in [4.78, 5) is 11.3. The summed E-state index contributed by atoms with van der Waals surface area (Å²) in [6.45, 7) is 7.74. The molecule has 88 valence electrons. The molecule has 1 amide bonds. The van der Waals surface area contributed by atoms with E-state index in [-0.39, 0.29) is 5.91 Å². The molecule has 1 rings (SSSR count). The Hall–Kier alpha value is -0.570. The highest BCUT2D eigenvalue weighted by atomic mass is 16.1. The van der Waals surface area contributed by atoms with Crippen molar-refractivity contribution in [1.82, 2.24) is 10.6 Å². The average molecular weight is 212 g/mol. The van der Waals surface area contributed by atoms with Crippen molar-refractivity contribution in [3.05, 3.63) is 0 Å². The summed E-state index contributed by atoms with van der Waals surface area (Å²) in [5, 5.41) is 6.17.